The van der Waals surface area contributed by atoms with Crippen LogP contribution in [0.1, 0.15) is 44.0 Å². The van der Waals surface area contributed by atoms with Crippen molar-refractivity contribution in [1.82, 2.24) is 4.90 Å². The summed E-state index contributed by atoms with van der Waals surface area (Å²) in [5.41, 5.74) is 0.440. The molecule has 0 amide bonds. The third-order valence-corrected chi connectivity index (χ3v) is 6.19. The lowest BCUT2D eigenvalue weighted by molar-refractivity contribution is -0.178. The number of ketones is 1. The van der Waals surface area contributed by atoms with E-state index in [4.69, 9.17) is 18.9 Å². The first kappa shape index (κ1) is 20.9. The van der Waals surface area contributed by atoms with E-state index in [1.807, 2.05) is 0 Å². The van der Waals surface area contributed by atoms with Gasteiger partial charge in [0.15, 0.2) is 0 Å². The second kappa shape index (κ2) is 8.78. The van der Waals surface area contributed by atoms with Gasteiger partial charge in [0.2, 0.25) is 11.5 Å². The van der Waals surface area contributed by atoms with Crippen LogP contribution in [-0.4, -0.2) is 54.8 Å². The predicted molar refractivity (Wildman–Crippen MR) is 109 cm³/mol. The van der Waals surface area contributed by atoms with Gasteiger partial charge in [-0.3, -0.25) is 9.69 Å². The molecule has 7 heteroatoms. The Morgan fingerprint density at radius 2 is 2.00 bits per heavy atom. The Labute approximate surface area is 176 Å². The lowest BCUT2D eigenvalue weighted by Gasteiger charge is -2.48. The van der Waals surface area contributed by atoms with Gasteiger partial charge in [-0.1, -0.05) is 0 Å². The maximum atomic E-state index is 13.1. The van der Waals surface area contributed by atoms with Gasteiger partial charge in [-0.05, 0) is 57.9 Å². The number of esters is 1. The largest absolute Gasteiger partial charge is 0.493 e. The Bertz CT molecular complexity index is 817. The first-order valence-electron chi connectivity index (χ1n) is 10.7. The summed E-state index contributed by atoms with van der Waals surface area (Å²) in [5, 5.41) is 0. The molecule has 4 atom stereocenters. The molecule has 7 nitrogen and oxygen atoms in total. The summed E-state index contributed by atoms with van der Waals surface area (Å²) < 4.78 is 22.9. The molecule has 0 radical (unpaired) electrons. The van der Waals surface area contributed by atoms with E-state index in [1.54, 1.807) is 31.2 Å². The predicted octanol–water partition coefficient (Wildman–Crippen LogP) is 3.14. The highest BCUT2D eigenvalue weighted by atomic mass is 16.5. The topological polar surface area (TPSA) is 74.3 Å². The number of carbonyl (C=O) groups is 2. The number of hydrogen-bond acceptors (Lipinski definition) is 7. The quantitative estimate of drug-likeness (QED) is 0.684. The molecule has 2 heterocycles. The van der Waals surface area contributed by atoms with Crippen LogP contribution in [0.25, 0.3) is 0 Å². The average molecular weight is 415 g/mol. The molecule has 1 aliphatic carbocycles. The maximum Gasteiger partial charge on any atom is 0.338 e. The molecule has 30 heavy (non-hydrogen) atoms. The number of rotatable bonds is 5. The van der Waals surface area contributed by atoms with Gasteiger partial charge in [0.25, 0.3) is 0 Å². The van der Waals surface area contributed by atoms with Gasteiger partial charge in [0.1, 0.15) is 18.1 Å². The van der Waals surface area contributed by atoms with Crippen molar-refractivity contribution in [1.29, 1.82) is 0 Å². The normalized spacial score (nSPS) is 28.8. The molecule has 0 aromatic heterocycles. The molecule has 1 saturated carbocycles. The number of Topliss-reactive ketones (excluding diaryl/α,β-unsaturated/α-hetero) is 1. The van der Waals surface area contributed by atoms with E-state index in [2.05, 4.69) is 18.7 Å². The summed E-state index contributed by atoms with van der Waals surface area (Å²) in [6, 6.07) is 6.93. The van der Waals surface area contributed by atoms with E-state index in [1.165, 1.54) is 6.26 Å². The van der Waals surface area contributed by atoms with Crippen LogP contribution in [0.5, 0.6) is 5.75 Å². The van der Waals surface area contributed by atoms with Crippen LogP contribution in [0, 0.1) is 11.8 Å². The molecule has 2 fully saturated rings. The summed E-state index contributed by atoms with van der Waals surface area (Å²) in [5.74, 6) is 0.221. The number of nitrogens with zero attached hydrogens (tertiary/aromatic N) is 1. The van der Waals surface area contributed by atoms with Crippen molar-refractivity contribution in [2.75, 3.05) is 19.9 Å². The third kappa shape index (κ3) is 4.09. The van der Waals surface area contributed by atoms with Crippen molar-refractivity contribution in [3.05, 3.63) is 41.9 Å². The highest BCUT2D eigenvalue weighted by Crippen LogP contribution is 2.40. The Kier molecular flexibility index (Phi) is 6.11. The molecule has 4 rings (SSSR count). The van der Waals surface area contributed by atoms with Crippen LogP contribution in [0.3, 0.4) is 0 Å². The molecule has 0 bridgehead atoms. The number of carbonyl (C=O) groups excluding carboxylic acids is 2. The summed E-state index contributed by atoms with van der Waals surface area (Å²) in [6.07, 6.45) is 2.99. The molecule has 1 aromatic carbocycles. The SMILES string of the molecule is CCOC(=O)c1ccc(OC2=COC3C(CCC4OCN(C(C)C)CC43)C2=O)cc1. The fourth-order valence-electron chi connectivity index (χ4n) is 4.47. The Hall–Kier alpha value is -2.38. The van der Waals surface area contributed by atoms with Crippen LogP contribution < -0.4 is 4.74 Å². The van der Waals surface area contributed by atoms with Gasteiger partial charge in [0, 0.05) is 18.5 Å². The molecular formula is C23H29NO6. The van der Waals surface area contributed by atoms with E-state index >= 15 is 0 Å². The van der Waals surface area contributed by atoms with E-state index in [0.717, 1.165) is 19.4 Å². The molecule has 162 valence electrons. The molecule has 3 aliphatic rings. The van der Waals surface area contributed by atoms with Gasteiger partial charge < -0.3 is 18.9 Å². The minimum atomic E-state index is -0.384. The summed E-state index contributed by atoms with van der Waals surface area (Å²) in [6.45, 7) is 7.88. The standard InChI is InChI=1S/C23H29NO6/c1-4-27-23(26)15-5-7-16(8-6-15)30-20-12-28-22-17(21(20)25)9-10-19-18(22)11-24(13-29-19)14(2)3/h5-8,12,14,17-19,22H,4,9-11,13H2,1-3H3. The molecule has 0 spiro atoms. The summed E-state index contributed by atoms with van der Waals surface area (Å²) >= 11 is 0. The highest BCUT2D eigenvalue weighted by Gasteiger charge is 2.49. The zero-order valence-electron chi connectivity index (χ0n) is 17.7. The van der Waals surface area contributed by atoms with Gasteiger partial charge in [-0.15, -0.1) is 0 Å². The van der Waals surface area contributed by atoms with Crippen molar-refractivity contribution in [2.24, 2.45) is 11.8 Å². The monoisotopic (exact) mass is 415 g/mol. The van der Waals surface area contributed by atoms with Gasteiger partial charge in [-0.2, -0.15) is 0 Å². The highest BCUT2D eigenvalue weighted by molar-refractivity contribution is 5.96. The van der Waals surface area contributed by atoms with Crippen molar-refractivity contribution in [3.63, 3.8) is 0 Å². The summed E-state index contributed by atoms with van der Waals surface area (Å²) in [7, 11) is 0. The Morgan fingerprint density at radius 3 is 2.70 bits per heavy atom. The fourth-order valence-corrected chi connectivity index (χ4v) is 4.47. The van der Waals surface area contributed by atoms with Crippen LogP contribution in [0.2, 0.25) is 0 Å². The van der Waals surface area contributed by atoms with Crippen molar-refractivity contribution >= 4 is 11.8 Å². The molecular weight excluding hydrogens is 386 g/mol. The Balaban J connectivity index is 1.45. The fraction of sp³-hybridized carbons (Fsp3) is 0.565. The zero-order chi connectivity index (χ0) is 21.3. The van der Waals surface area contributed by atoms with Crippen LogP contribution in [0.15, 0.2) is 36.3 Å². The number of hydrogen-bond donors (Lipinski definition) is 0. The van der Waals surface area contributed by atoms with E-state index in [0.29, 0.717) is 30.7 Å². The van der Waals surface area contributed by atoms with Crippen molar-refractivity contribution in [2.45, 2.75) is 51.9 Å². The van der Waals surface area contributed by atoms with Gasteiger partial charge in [-0.25, -0.2) is 4.79 Å². The lowest BCUT2D eigenvalue weighted by atomic mass is 9.73. The van der Waals surface area contributed by atoms with E-state index in [9.17, 15) is 9.59 Å². The van der Waals surface area contributed by atoms with Crippen molar-refractivity contribution < 1.29 is 28.5 Å². The van der Waals surface area contributed by atoms with Crippen LogP contribution in [-0.2, 0) is 19.0 Å². The smallest absolute Gasteiger partial charge is 0.338 e. The molecule has 1 aromatic rings. The minimum Gasteiger partial charge on any atom is -0.493 e. The first-order chi connectivity index (χ1) is 14.5. The maximum absolute atomic E-state index is 13.1. The molecule has 1 saturated heterocycles. The number of benzene rings is 1. The number of fused-ring (bicyclic) bond motifs is 3. The van der Waals surface area contributed by atoms with Crippen LogP contribution in [0.4, 0.5) is 0 Å². The Morgan fingerprint density at radius 1 is 1.23 bits per heavy atom. The average Bonchev–Trinajstić information content (AvgIpc) is 2.75. The molecule has 4 unspecified atom stereocenters. The van der Waals surface area contributed by atoms with Crippen molar-refractivity contribution in [3.8, 4) is 5.75 Å². The van der Waals surface area contributed by atoms with Gasteiger partial charge in [0.05, 0.1) is 30.9 Å². The number of allylic oxidation sites excluding steroid dienone is 1. The second-order valence-corrected chi connectivity index (χ2v) is 8.34. The zero-order valence-corrected chi connectivity index (χ0v) is 17.7. The lowest BCUT2D eigenvalue weighted by Crippen LogP contribution is -2.57. The number of ether oxygens (including phenoxy) is 4. The minimum absolute atomic E-state index is 0.0270. The molecule has 2 aliphatic heterocycles. The van der Waals surface area contributed by atoms with Crippen LogP contribution >= 0.6 is 0 Å². The van der Waals surface area contributed by atoms with Gasteiger partial charge >= 0.3 is 5.97 Å². The summed E-state index contributed by atoms with van der Waals surface area (Å²) in [4.78, 5) is 27.2. The second-order valence-electron chi connectivity index (χ2n) is 8.34. The first-order valence-corrected chi connectivity index (χ1v) is 10.7. The molecule has 0 N–H and O–H groups in total. The van der Waals surface area contributed by atoms with E-state index in [-0.39, 0.29) is 41.6 Å². The van der Waals surface area contributed by atoms with E-state index < -0.39 is 0 Å². The third-order valence-electron chi connectivity index (χ3n) is 6.19.